The van der Waals surface area contributed by atoms with Crippen LogP contribution in [0.4, 0.5) is 0 Å². The minimum absolute atomic E-state index is 0.286. The van der Waals surface area contributed by atoms with Crippen LogP contribution in [0, 0.1) is 0 Å². The fraction of sp³-hybridized carbons (Fsp3) is 0.0909. The SMILES string of the molecule is COc1ccc(/C=C2\SC(N)=NC2=O)cc1Br. The summed E-state index contributed by atoms with van der Waals surface area (Å²) in [5, 5.41) is 0.286. The van der Waals surface area contributed by atoms with Gasteiger partial charge in [0.05, 0.1) is 16.5 Å². The van der Waals surface area contributed by atoms with Crippen LogP contribution >= 0.6 is 27.7 Å². The molecule has 0 spiro atoms. The number of ether oxygens (including phenoxy) is 1. The summed E-state index contributed by atoms with van der Waals surface area (Å²) in [6.07, 6.45) is 1.75. The minimum atomic E-state index is -0.292. The van der Waals surface area contributed by atoms with Crippen molar-refractivity contribution in [1.29, 1.82) is 0 Å². The van der Waals surface area contributed by atoms with Crippen molar-refractivity contribution in [3.63, 3.8) is 0 Å². The fourth-order valence-electron chi connectivity index (χ4n) is 1.35. The first kappa shape index (κ1) is 12.2. The first-order chi connectivity index (χ1) is 8.10. The molecule has 6 heteroatoms. The van der Waals surface area contributed by atoms with Crippen LogP contribution < -0.4 is 10.5 Å². The number of nitrogens with zero attached hydrogens (tertiary/aromatic N) is 1. The van der Waals surface area contributed by atoms with Gasteiger partial charge in [0.2, 0.25) is 0 Å². The van der Waals surface area contributed by atoms with Gasteiger partial charge in [0.1, 0.15) is 5.75 Å². The van der Waals surface area contributed by atoms with Crippen molar-refractivity contribution in [2.24, 2.45) is 10.7 Å². The molecule has 1 aromatic carbocycles. The highest BCUT2D eigenvalue weighted by molar-refractivity contribution is 9.10. The molecule has 0 aromatic heterocycles. The van der Waals surface area contributed by atoms with Gasteiger partial charge in [0.15, 0.2) is 5.17 Å². The quantitative estimate of drug-likeness (QED) is 0.852. The molecule has 0 aliphatic carbocycles. The number of amides is 1. The highest BCUT2D eigenvalue weighted by atomic mass is 79.9. The van der Waals surface area contributed by atoms with E-state index in [0.29, 0.717) is 4.91 Å². The van der Waals surface area contributed by atoms with Gasteiger partial charge in [0.25, 0.3) is 5.91 Å². The summed E-state index contributed by atoms with van der Waals surface area (Å²) in [5.74, 6) is 0.452. The van der Waals surface area contributed by atoms with Gasteiger partial charge in [-0.05, 0) is 51.5 Å². The molecule has 88 valence electrons. The molecule has 4 nitrogen and oxygen atoms in total. The Balaban J connectivity index is 2.28. The second kappa shape index (κ2) is 4.93. The number of carbonyl (C=O) groups excluding carboxylic acids is 1. The molecule has 1 aliphatic rings. The molecule has 0 saturated carbocycles. The van der Waals surface area contributed by atoms with Gasteiger partial charge >= 0.3 is 0 Å². The van der Waals surface area contributed by atoms with Crippen molar-refractivity contribution in [3.05, 3.63) is 33.1 Å². The normalized spacial score (nSPS) is 17.4. The predicted molar refractivity (Wildman–Crippen MR) is 72.9 cm³/mol. The molecule has 0 fully saturated rings. The van der Waals surface area contributed by atoms with Crippen LogP contribution in [0.5, 0.6) is 5.75 Å². The molecule has 0 bridgehead atoms. The van der Waals surface area contributed by atoms with Crippen LogP contribution in [0.3, 0.4) is 0 Å². The number of nitrogens with two attached hydrogens (primary N) is 1. The average Bonchev–Trinajstić information content (AvgIpc) is 2.58. The zero-order valence-corrected chi connectivity index (χ0v) is 11.3. The van der Waals surface area contributed by atoms with E-state index < -0.39 is 0 Å². The van der Waals surface area contributed by atoms with E-state index >= 15 is 0 Å². The Bertz CT molecular complexity index is 540. The number of thioether (sulfide) groups is 1. The number of rotatable bonds is 2. The molecule has 0 atom stereocenters. The standard InChI is InChI=1S/C11H9BrN2O2S/c1-16-8-3-2-6(4-7(8)12)5-9-10(15)14-11(13)17-9/h2-5H,1H3,(H2,13,14,15)/b9-5-. The van der Waals surface area contributed by atoms with Gasteiger partial charge in [-0.3, -0.25) is 4.79 Å². The summed E-state index contributed by atoms with van der Waals surface area (Å²) in [7, 11) is 1.60. The first-order valence-corrected chi connectivity index (χ1v) is 6.32. The molecule has 1 heterocycles. The molecule has 2 rings (SSSR count). The summed E-state index contributed by atoms with van der Waals surface area (Å²) in [6, 6.07) is 5.55. The number of hydrogen-bond acceptors (Lipinski definition) is 4. The largest absolute Gasteiger partial charge is 0.496 e. The number of hydrogen-bond donors (Lipinski definition) is 1. The Hall–Kier alpha value is -1.27. The van der Waals surface area contributed by atoms with Gasteiger partial charge in [-0.2, -0.15) is 4.99 Å². The van der Waals surface area contributed by atoms with E-state index in [-0.39, 0.29) is 11.1 Å². The van der Waals surface area contributed by atoms with Crippen LogP contribution in [0.2, 0.25) is 0 Å². The smallest absolute Gasteiger partial charge is 0.286 e. The van der Waals surface area contributed by atoms with E-state index in [1.807, 2.05) is 18.2 Å². The van der Waals surface area contributed by atoms with Crippen molar-refractivity contribution in [3.8, 4) is 5.75 Å². The highest BCUT2D eigenvalue weighted by Gasteiger charge is 2.19. The number of amidine groups is 1. The molecule has 1 amide bonds. The second-order valence-electron chi connectivity index (χ2n) is 3.26. The minimum Gasteiger partial charge on any atom is -0.496 e. The van der Waals surface area contributed by atoms with Crippen LogP contribution in [0.15, 0.2) is 32.6 Å². The summed E-state index contributed by atoms with van der Waals surface area (Å²) < 4.78 is 5.96. The van der Waals surface area contributed by atoms with Crippen molar-refractivity contribution in [1.82, 2.24) is 0 Å². The average molecular weight is 313 g/mol. The maximum Gasteiger partial charge on any atom is 0.286 e. The lowest BCUT2D eigenvalue weighted by Gasteiger charge is -2.03. The molecule has 1 aromatic rings. The van der Waals surface area contributed by atoms with Crippen LogP contribution in [-0.4, -0.2) is 18.2 Å². The summed E-state index contributed by atoms with van der Waals surface area (Å²) >= 11 is 4.56. The van der Waals surface area contributed by atoms with Gasteiger partial charge in [0, 0.05) is 0 Å². The number of carbonyl (C=O) groups is 1. The summed E-state index contributed by atoms with van der Waals surface area (Å²) in [6.45, 7) is 0. The molecule has 0 radical (unpaired) electrons. The Morgan fingerprint density at radius 3 is 2.82 bits per heavy atom. The lowest BCUT2D eigenvalue weighted by Crippen LogP contribution is -2.01. The Morgan fingerprint density at radius 2 is 2.29 bits per heavy atom. The maximum absolute atomic E-state index is 11.4. The number of benzene rings is 1. The highest BCUT2D eigenvalue weighted by Crippen LogP contribution is 2.30. The second-order valence-corrected chi connectivity index (χ2v) is 5.18. The van der Waals surface area contributed by atoms with Crippen molar-refractivity contribution >= 4 is 44.8 Å². The molecule has 0 unspecified atom stereocenters. The maximum atomic E-state index is 11.4. The lowest BCUT2D eigenvalue weighted by molar-refractivity contribution is -0.113. The first-order valence-electron chi connectivity index (χ1n) is 4.71. The monoisotopic (exact) mass is 312 g/mol. The van der Waals surface area contributed by atoms with E-state index in [0.717, 1.165) is 15.8 Å². The fourth-order valence-corrected chi connectivity index (χ4v) is 2.59. The van der Waals surface area contributed by atoms with Crippen molar-refractivity contribution in [2.45, 2.75) is 0 Å². The number of methoxy groups -OCH3 is 1. The summed E-state index contributed by atoms with van der Waals surface area (Å²) in [5.41, 5.74) is 6.35. The van der Waals surface area contributed by atoms with Crippen LogP contribution in [-0.2, 0) is 4.79 Å². The summed E-state index contributed by atoms with van der Waals surface area (Å²) in [4.78, 5) is 15.6. The molecule has 2 N–H and O–H groups in total. The van der Waals surface area contributed by atoms with E-state index in [2.05, 4.69) is 20.9 Å². The Morgan fingerprint density at radius 1 is 1.53 bits per heavy atom. The third-order valence-electron chi connectivity index (χ3n) is 2.11. The van der Waals surface area contributed by atoms with E-state index in [1.165, 1.54) is 11.8 Å². The van der Waals surface area contributed by atoms with Crippen LogP contribution in [0.25, 0.3) is 6.08 Å². The molecule has 1 aliphatic heterocycles. The van der Waals surface area contributed by atoms with E-state index in [1.54, 1.807) is 13.2 Å². The van der Waals surface area contributed by atoms with Crippen molar-refractivity contribution < 1.29 is 9.53 Å². The Kier molecular flexibility index (Phi) is 3.54. The van der Waals surface area contributed by atoms with E-state index in [4.69, 9.17) is 10.5 Å². The molecule has 17 heavy (non-hydrogen) atoms. The third-order valence-corrected chi connectivity index (χ3v) is 3.54. The molecule has 0 saturated heterocycles. The number of halogens is 1. The van der Waals surface area contributed by atoms with Crippen molar-refractivity contribution in [2.75, 3.05) is 7.11 Å². The van der Waals surface area contributed by atoms with Gasteiger partial charge in [-0.15, -0.1) is 0 Å². The lowest BCUT2D eigenvalue weighted by atomic mass is 10.2. The number of aliphatic imine (C=N–C) groups is 1. The van der Waals surface area contributed by atoms with E-state index in [9.17, 15) is 4.79 Å². The zero-order valence-electron chi connectivity index (χ0n) is 8.94. The zero-order chi connectivity index (χ0) is 12.4. The predicted octanol–water partition coefficient (Wildman–Crippen LogP) is 2.39. The third kappa shape index (κ3) is 2.70. The van der Waals surface area contributed by atoms with Gasteiger partial charge in [-0.25, -0.2) is 0 Å². The molecular weight excluding hydrogens is 304 g/mol. The molecular formula is C11H9BrN2O2S. The van der Waals surface area contributed by atoms with Gasteiger partial charge < -0.3 is 10.5 Å². The van der Waals surface area contributed by atoms with Gasteiger partial charge in [-0.1, -0.05) is 6.07 Å². The topological polar surface area (TPSA) is 64.7 Å². The van der Waals surface area contributed by atoms with Crippen LogP contribution in [0.1, 0.15) is 5.56 Å². The Labute approximate surface area is 111 Å².